The number of rotatable bonds is 0. The summed E-state index contributed by atoms with van der Waals surface area (Å²) in [6.45, 7) is 6.72. The van der Waals surface area contributed by atoms with Gasteiger partial charge in [-0.15, -0.1) is 18.1 Å². The fourth-order valence-corrected chi connectivity index (χ4v) is 0. The second-order valence-electron chi connectivity index (χ2n) is 1.15. The highest BCUT2D eigenvalue weighted by Gasteiger charge is 2.26. The van der Waals surface area contributed by atoms with Crippen molar-refractivity contribution in [2.45, 2.75) is 6.18 Å². The van der Waals surface area contributed by atoms with Crippen LogP contribution in [0.2, 0.25) is 0 Å². The highest BCUT2D eigenvalue weighted by Crippen LogP contribution is 2.13. The van der Waals surface area contributed by atoms with Crippen molar-refractivity contribution in [2.75, 3.05) is 6.67 Å². The molecule has 0 nitrogen and oxygen atoms in total. The Labute approximate surface area is 79.9 Å². The Morgan fingerprint density at radius 2 is 1.31 bits per heavy atom. The van der Waals surface area contributed by atoms with Gasteiger partial charge in [0.25, 0.3) is 0 Å². The standard InChI is InChI=1S/C3H4.C2H2F4.C2H3F.ClH/c1-3-2;3-1-2(4,5)6;1-2-3;/h1-2H2;1H2;2H,1H2;1H. The van der Waals surface area contributed by atoms with Crippen LogP contribution in [0.15, 0.2) is 31.8 Å². The first kappa shape index (κ1) is 22.8. The van der Waals surface area contributed by atoms with E-state index >= 15 is 0 Å². The van der Waals surface area contributed by atoms with Crippen molar-refractivity contribution in [2.24, 2.45) is 0 Å². The Bertz CT molecular complexity index is 123. The Morgan fingerprint density at radius 3 is 1.31 bits per heavy atom. The molecule has 0 saturated heterocycles. The maximum atomic E-state index is 10.4. The highest BCUT2D eigenvalue weighted by molar-refractivity contribution is 5.85. The molecule has 0 aromatic carbocycles. The summed E-state index contributed by atoms with van der Waals surface area (Å²) in [7, 11) is 0. The van der Waals surface area contributed by atoms with E-state index in [9.17, 15) is 22.0 Å². The molecular weight excluding hydrogens is 215 g/mol. The fraction of sp³-hybridized carbons (Fsp3) is 0.286. The molecule has 0 heterocycles. The van der Waals surface area contributed by atoms with Gasteiger partial charge < -0.3 is 0 Å². The topological polar surface area (TPSA) is 0 Å². The van der Waals surface area contributed by atoms with Gasteiger partial charge in [0.05, 0.1) is 6.33 Å². The largest absolute Gasteiger partial charge is 0.416 e. The molecular formula is C7H10ClF5. The second-order valence-corrected chi connectivity index (χ2v) is 1.15. The number of alkyl halides is 4. The van der Waals surface area contributed by atoms with Crippen LogP contribution in [0.1, 0.15) is 0 Å². The highest BCUT2D eigenvalue weighted by atomic mass is 35.5. The van der Waals surface area contributed by atoms with Crippen LogP contribution < -0.4 is 0 Å². The van der Waals surface area contributed by atoms with E-state index in [2.05, 4.69) is 25.5 Å². The van der Waals surface area contributed by atoms with E-state index in [1.54, 1.807) is 0 Å². The van der Waals surface area contributed by atoms with Crippen LogP contribution in [0.25, 0.3) is 0 Å². The molecule has 6 heteroatoms. The zero-order valence-corrected chi connectivity index (χ0v) is 7.52. The van der Waals surface area contributed by atoms with Crippen LogP contribution in [-0.2, 0) is 0 Å². The van der Waals surface area contributed by atoms with Gasteiger partial charge in [-0.2, -0.15) is 13.2 Å². The van der Waals surface area contributed by atoms with Gasteiger partial charge in [0.15, 0.2) is 6.67 Å². The molecule has 0 unspecified atom stereocenters. The van der Waals surface area contributed by atoms with Gasteiger partial charge in [0, 0.05) is 0 Å². The maximum Gasteiger partial charge on any atom is 0.416 e. The minimum atomic E-state index is -4.62. The second kappa shape index (κ2) is 17.3. The van der Waals surface area contributed by atoms with E-state index in [1.165, 1.54) is 0 Å². The average molecular weight is 225 g/mol. The molecule has 0 fully saturated rings. The third-order valence-electron chi connectivity index (χ3n) is 0.152. The van der Waals surface area contributed by atoms with Gasteiger partial charge in [0.2, 0.25) is 0 Å². The summed E-state index contributed by atoms with van der Waals surface area (Å²) in [4.78, 5) is 0. The van der Waals surface area contributed by atoms with Crippen molar-refractivity contribution >= 4 is 12.4 Å². The van der Waals surface area contributed by atoms with Crippen molar-refractivity contribution in [3.63, 3.8) is 0 Å². The molecule has 0 aromatic rings. The summed E-state index contributed by atoms with van der Waals surface area (Å²) < 4.78 is 51.7. The Hall–Kier alpha value is -0.800. The van der Waals surface area contributed by atoms with Gasteiger partial charge in [-0.25, -0.2) is 8.78 Å². The first-order valence-corrected chi connectivity index (χ1v) is 2.52. The Kier molecular flexibility index (Phi) is 30.3. The maximum absolute atomic E-state index is 10.4. The Morgan fingerprint density at radius 1 is 1.23 bits per heavy atom. The summed E-state index contributed by atoms with van der Waals surface area (Å²) in [6, 6.07) is 0. The zero-order chi connectivity index (χ0) is 10.6. The average Bonchev–Trinajstić information content (AvgIpc) is 1.90. The molecule has 0 N–H and O–H groups in total. The van der Waals surface area contributed by atoms with E-state index in [1.807, 2.05) is 0 Å². The normalized spacial score (nSPS) is 7.15. The minimum Gasteiger partial charge on any atom is -0.241 e. The van der Waals surface area contributed by atoms with Crippen molar-refractivity contribution in [3.8, 4) is 0 Å². The molecule has 0 aromatic heterocycles. The minimum absolute atomic E-state index is 0. The fourth-order valence-electron chi connectivity index (χ4n) is 0. The molecule has 0 spiro atoms. The number of hydrogen-bond acceptors (Lipinski definition) is 0. The van der Waals surface area contributed by atoms with Crippen molar-refractivity contribution < 1.29 is 22.0 Å². The molecule has 0 saturated carbocycles. The van der Waals surface area contributed by atoms with Gasteiger partial charge in [-0.1, -0.05) is 19.7 Å². The molecule has 0 radical (unpaired) electrons. The van der Waals surface area contributed by atoms with Gasteiger partial charge in [-0.05, 0) is 0 Å². The lowest BCUT2D eigenvalue weighted by Crippen LogP contribution is -2.08. The van der Waals surface area contributed by atoms with E-state index < -0.39 is 12.9 Å². The van der Waals surface area contributed by atoms with Crippen LogP contribution in [0.3, 0.4) is 0 Å². The number of hydrogen-bond donors (Lipinski definition) is 0. The van der Waals surface area contributed by atoms with Crippen LogP contribution in [0.5, 0.6) is 0 Å². The van der Waals surface area contributed by atoms with Crippen LogP contribution in [-0.4, -0.2) is 12.9 Å². The van der Waals surface area contributed by atoms with Gasteiger partial charge >= 0.3 is 6.18 Å². The first-order chi connectivity index (χ1) is 5.39. The Balaban J connectivity index is -0.0000000501. The summed E-state index contributed by atoms with van der Waals surface area (Å²) in [5.74, 6) is 0. The summed E-state index contributed by atoms with van der Waals surface area (Å²) in [6.07, 6.45) is -4.38. The van der Waals surface area contributed by atoms with Crippen LogP contribution >= 0.6 is 12.4 Å². The SMILES string of the molecule is C=C=C.C=CF.Cl.FCC(F)(F)F. The molecule has 0 atom stereocenters. The summed E-state index contributed by atoms with van der Waals surface area (Å²) >= 11 is 0. The molecule has 0 rings (SSSR count). The van der Waals surface area contributed by atoms with Crippen LogP contribution in [0.4, 0.5) is 22.0 Å². The van der Waals surface area contributed by atoms with Gasteiger partial charge in [-0.3, -0.25) is 0 Å². The molecule has 13 heavy (non-hydrogen) atoms. The predicted octanol–water partition coefficient (Wildman–Crippen LogP) is 4.00. The van der Waals surface area contributed by atoms with E-state index in [-0.39, 0.29) is 18.7 Å². The first-order valence-electron chi connectivity index (χ1n) is 2.52. The third-order valence-corrected chi connectivity index (χ3v) is 0.152. The van der Waals surface area contributed by atoms with E-state index in [4.69, 9.17) is 0 Å². The number of halogens is 6. The lowest BCUT2D eigenvalue weighted by Gasteiger charge is -1.93. The van der Waals surface area contributed by atoms with Crippen molar-refractivity contribution in [1.82, 2.24) is 0 Å². The molecule has 80 valence electrons. The molecule has 0 aliphatic heterocycles. The molecule has 0 aliphatic rings. The van der Waals surface area contributed by atoms with Gasteiger partial charge in [0.1, 0.15) is 0 Å². The zero-order valence-electron chi connectivity index (χ0n) is 6.70. The van der Waals surface area contributed by atoms with Crippen molar-refractivity contribution in [3.05, 3.63) is 31.8 Å². The molecule has 0 aliphatic carbocycles. The molecule has 0 amide bonds. The summed E-state index contributed by atoms with van der Waals surface area (Å²) in [5.41, 5.74) is 2.25. The quantitative estimate of drug-likeness (QED) is 0.431. The third kappa shape index (κ3) is 196. The summed E-state index contributed by atoms with van der Waals surface area (Å²) in [5, 5.41) is 0. The monoisotopic (exact) mass is 224 g/mol. The lowest BCUT2D eigenvalue weighted by molar-refractivity contribution is -0.142. The van der Waals surface area contributed by atoms with Crippen molar-refractivity contribution in [1.29, 1.82) is 0 Å². The van der Waals surface area contributed by atoms with Crippen LogP contribution in [0, 0.1) is 0 Å². The van der Waals surface area contributed by atoms with E-state index in [0.717, 1.165) is 0 Å². The smallest absolute Gasteiger partial charge is 0.241 e. The lowest BCUT2D eigenvalue weighted by atomic mass is 10.8. The predicted molar refractivity (Wildman–Crippen MR) is 45.4 cm³/mol. The molecule has 0 bridgehead atoms. The van der Waals surface area contributed by atoms with E-state index in [0.29, 0.717) is 0 Å².